The van der Waals surface area contributed by atoms with Crippen LogP contribution >= 0.6 is 23.2 Å². The minimum absolute atomic E-state index is 0.0403. The molecular formula is C10H14Cl2N2O2S. The normalized spacial score (nSPS) is 11.7. The number of hydrogen-bond acceptors (Lipinski definition) is 3. The van der Waals surface area contributed by atoms with Crippen LogP contribution in [0.4, 0.5) is 5.69 Å². The van der Waals surface area contributed by atoms with E-state index in [0.29, 0.717) is 6.54 Å². The van der Waals surface area contributed by atoms with Crippen LogP contribution in [0.5, 0.6) is 0 Å². The first-order valence-electron chi connectivity index (χ1n) is 5.13. The summed E-state index contributed by atoms with van der Waals surface area (Å²) in [6.45, 7) is 2.35. The third-order valence-corrected chi connectivity index (χ3v) is 4.56. The molecule has 0 atom stereocenters. The van der Waals surface area contributed by atoms with Crippen molar-refractivity contribution in [2.45, 2.75) is 24.7 Å². The van der Waals surface area contributed by atoms with Gasteiger partial charge in [0.05, 0.1) is 15.7 Å². The van der Waals surface area contributed by atoms with Crippen LogP contribution in [0.1, 0.15) is 19.8 Å². The highest BCUT2D eigenvalue weighted by atomic mass is 35.5. The molecule has 1 rings (SSSR count). The quantitative estimate of drug-likeness (QED) is 0.648. The van der Waals surface area contributed by atoms with Gasteiger partial charge in [-0.1, -0.05) is 36.5 Å². The molecule has 1 aromatic rings. The number of rotatable bonds is 5. The maximum absolute atomic E-state index is 11.9. The molecule has 1 aromatic carbocycles. The summed E-state index contributed by atoms with van der Waals surface area (Å²) < 4.78 is 26.2. The number of hydrogen-bond donors (Lipinski definition) is 2. The number of anilines is 1. The number of nitrogens with one attached hydrogen (secondary N) is 1. The van der Waals surface area contributed by atoms with Crippen molar-refractivity contribution in [2.24, 2.45) is 0 Å². The first-order valence-corrected chi connectivity index (χ1v) is 7.37. The second-order valence-electron chi connectivity index (χ2n) is 3.52. The fourth-order valence-electron chi connectivity index (χ4n) is 1.22. The van der Waals surface area contributed by atoms with Crippen molar-refractivity contribution in [1.29, 1.82) is 0 Å². The van der Waals surface area contributed by atoms with E-state index in [1.807, 2.05) is 6.92 Å². The summed E-state index contributed by atoms with van der Waals surface area (Å²) in [5.74, 6) is 0. The van der Waals surface area contributed by atoms with Gasteiger partial charge in [-0.25, -0.2) is 13.1 Å². The van der Waals surface area contributed by atoms with E-state index in [1.165, 1.54) is 12.1 Å². The predicted octanol–water partition coefficient (Wildman–Crippen LogP) is 2.65. The number of halogens is 2. The van der Waals surface area contributed by atoms with Crippen LogP contribution < -0.4 is 10.5 Å². The van der Waals surface area contributed by atoms with E-state index in [9.17, 15) is 8.42 Å². The molecule has 4 nitrogen and oxygen atoms in total. The van der Waals surface area contributed by atoms with Gasteiger partial charge in [0.15, 0.2) is 0 Å². The zero-order valence-corrected chi connectivity index (χ0v) is 11.7. The molecule has 17 heavy (non-hydrogen) atoms. The topological polar surface area (TPSA) is 72.2 Å². The van der Waals surface area contributed by atoms with Crippen LogP contribution in [0.2, 0.25) is 10.0 Å². The summed E-state index contributed by atoms with van der Waals surface area (Å²) in [4.78, 5) is -0.0443. The lowest BCUT2D eigenvalue weighted by Crippen LogP contribution is -2.25. The maximum atomic E-state index is 11.9. The minimum Gasteiger partial charge on any atom is -0.396 e. The van der Waals surface area contributed by atoms with Gasteiger partial charge in [-0.05, 0) is 18.6 Å². The summed E-state index contributed by atoms with van der Waals surface area (Å²) in [6.07, 6.45) is 1.67. The molecule has 0 aliphatic carbocycles. The van der Waals surface area contributed by atoms with Crippen LogP contribution in [0, 0.1) is 0 Å². The highest BCUT2D eigenvalue weighted by molar-refractivity contribution is 7.89. The Kier molecular flexibility index (Phi) is 5.06. The summed E-state index contributed by atoms with van der Waals surface area (Å²) in [5.41, 5.74) is 5.65. The number of sulfonamides is 1. The Labute approximate surface area is 111 Å². The lowest BCUT2D eigenvalue weighted by atomic mass is 10.3. The van der Waals surface area contributed by atoms with Gasteiger partial charge in [-0.15, -0.1) is 0 Å². The van der Waals surface area contributed by atoms with Gasteiger partial charge in [0, 0.05) is 6.54 Å². The lowest BCUT2D eigenvalue weighted by Gasteiger charge is -2.10. The third kappa shape index (κ3) is 3.48. The van der Waals surface area contributed by atoms with E-state index in [2.05, 4.69) is 4.72 Å². The van der Waals surface area contributed by atoms with Crippen molar-refractivity contribution >= 4 is 38.9 Å². The minimum atomic E-state index is -3.62. The van der Waals surface area contributed by atoms with Crippen molar-refractivity contribution < 1.29 is 8.42 Å². The first kappa shape index (κ1) is 14.6. The lowest BCUT2D eigenvalue weighted by molar-refractivity contribution is 0.578. The van der Waals surface area contributed by atoms with Gasteiger partial charge in [0.25, 0.3) is 0 Å². The smallest absolute Gasteiger partial charge is 0.242 e. The molecule has 0 radical (unpaired) electrons. The van der Waals surface area contributed by atoms with E-state index < -0.39 is 10.0 Å². The van der Waals surface area contributed by atoms with E-state index in [0.717, 1.165) is 12.8 Å². The zero-order chi connectivity index (χ0) is 13.1. The van der Waals surface area contributed by atoms with Gasteiger partial charge < -0.3 is 5.73 Å². The van der Waals surface area contributed by atoms with Gasteiger partial charge in [0.1, 0.15) is 4.90 Å². The molecule has 0 fully saturated rings. The van der Waals surface area contributed by atoms with E-state index in [4.69, 9.17) is 28.9 Å². The molecule has 0 aliphatic rings. The van der Waals surface area contributed by atoms with Crippen LogP contribution in [0.15, 0.2) is 17.0 Å². The van der Waals surface area contributed by atoms with Crippen LogP contribution in [0.25, 0.3) is 0 Å². The SMILES string of the molecule is CCCCNS(=O)(=O)c1ccc(Cl)c(N)c1Cl. The van der Waals surface area contributed by atoms with Crippen molar-refractivity contribution in [3.8, 4) is 0 Å². The molecule has 0 aromatic heterocycles. The molecule has 0 saturated heterocycles. The van der Waals surface area contributed by atoms with Crippen LogP contribution in [-0.4, -0.2) is 15.0 Å². The molecule has 96 valence electrons. The van der Waals surface area contributed by atoms with Gasteiger partial charge in [-0.3, -0.25) is 0 Å². The Morgan fingerprint density at radius 2 is 2.00 bits per heavy atom. The van der Waals surface area contributed by atoms with Gasteiger partial charge in [0.2, 0.25) is 10.0 Å². The summed E-state index contributed by atoms with van der Waals surface area (Å²) in [5, 5.41) is 0.198. The largest absolute Gasteiger partial charge is 0.396 e. The average Bonchev–Trinajstić information content (AvgIpc) is 2.26. The Balaban J connectivity index is 3.04. The van der Waals surface area contributed by atoms with Crippen LogP contribution in [-0.2, 0) is 10.0 Å². The van der Waals surface area contributed by atoms with Crippen molar-refractivity contribution in [3.63, 3.8) is 0 Å². The molecule has 0 heterocycles. The van der Waals surface area contributed by atoms with Gasteiger partial charge >= 0.3 is 0 Å². The Morgan fingerprint density at radius 1 is 1.35 bits per heavy atom. The molecule has 0 spiro atoms. The Hall–Kier alpha value is -0.490. The number of unbranched alkanes of at least 4 members (excludes halogenated alkanes) is 1. The zero-order valence-electron chi connectivity index (χ0n) is 9.33. The third-order valence-electron chi connectivity index (χ3n) is 2.20. The Morgan fingerprint density at radius 3 is 2.59 bits per heavy atom. The molecule has 7 heteroatoms. The van der Waals surface area contributed by atoms with E-state index in [1.54, 1.807) is 0 Å². The number of benzene rings is 1. The number of nitrogens with two attached hydrogens (primary N) is 1. The Bertz CT molecular complexity index is 503. The molecule has 0 bridgehead atoms. The second kappa shape index (κ2) is 5.91. The van der Waals surface area contributed by atoms with Gasteiger partial charge in [-0.2, -0.15) is 0 Å². The predicted molar refractivity (Wildman–Crippen MR) is 71.0 cm³/mol. The maximum Gasteiger partial charge on any atom is 0.242 e. The highest BCUT2D eigenvalue weighted by Crippen LogP contribution is 2.32. The molecule has 0 amide bonds. The average molecular weight is 297 g/mol. The van der Waals surface area contributed by atoms with Crippen molar-refractivity contribution in [3.05, 3.63) is 22.2 Å². The monoisotopic (exact) mass is 296 g/mol. The first-order chi connectivity index (χ1) is 7.90. The van der Waals surface area contributed by atoms with E-state index >= 15 is 0 Å². The van der Waals surface area contributed by atoms with Crippen molar-refractivity contribution in [1.82, 2.24) is 4.72 Å². The molecular weight excluding hydrogens is 283 g/mol. The van der Waals surface area contributed by atoms with E-state index in [-0.39, 0.29) is 20.6 Å². The fraction of sp³-hybridized carbons (Fsp3) is 0.400. The van der Waals surface area contributed by atoms with Crippen LogP contribution in [0.3, 0.4) is 0 Å². The molecule has 0 saturated carbocycles. The van der Waals surface area contributed by atoms with Crippen molar-refractivity contribution in [2.75, 3.05) is 12.3 Å². The molecule has 0 unspecified atom stereocenters. The summed E-state index contributed by atoms with van der Waals surface area (Å²) in [6, 6.07) is 2.76. The fourth-order valence-corrected chi connectivity index (χ4v) is 3.05. The molecule has 3 N–H and O–H groups in total. The summed E-state index contributed by atoms with van der Waals surface area (Å²) in [7, 11) is -3.62. The highest BCUT2D eigenvalue weighted by Gasteiger charge is 2.19. The second-order valence-corrected chi connectivity index (χ2v) is 6.05. The summed E-state index contributed by atoms with van der Waals surface area (Å²) >= 11 is 11.6. The number of nitrogen functional groups attached to an aromatic ring is 1. The standard InChI is InChI=1S/C10H14Cl2N2O2S/c1-2-3-6-14-17(15,16)8-5-4-7(11)10(13)9(8)12/h4-5,14H,2-3,6,13H2,1H3. The molecule has 0 aliphatic heterocycles.